The van der Waals surface area contributed by atoms with Gasteiger partial charge in [0.1, 0.15) is 0 Å². The van der Waals surface area contributed by atoms with Crippen LogP contribution in [0.25, 0.3) is 0 Å². The highest BCUT2D eigenvalue weighted by Crippen LogP contribution is 2.12. The number of anilines is 1. The van der Waals surface area contributed by atoms with Gasteiger partial charge in [0.05, 0.1) is 11.5 Å². The zero-order valence-corrected chi connectivity index (χ0v) is 11.6. The molecule has 0 fully saturated rings. The molecule has 6 nitrogen and oxygen atoms in total. The van der Waals surface area contributed by atoms with E-state index in [1.54, 1.807) is 19.1 Å². The first-order valence-corrected chi connectivity index (χ1v) is 7.45. The van der Waals surface area contributed by atoms with E-state index in [-0.39, 0.29) is 23.8 Å². The van der Waals surface area contributed by atoms with E-state index in [9.17, 15) is 13.2 Å². The van der Waals surface area contributed by atoms with E-state index in [1.807, 2.05) is 0 Å². The van der Waals surface area contributed by atoms with Crippen LogP contribution < -0.4 is 10.5 Å². The Morgan fingerprint density at radius 1 is 1.42 bits per heavy atom. The monoisotopic (exact) mass is 286 g/mol. The number of nitrogens with one attached hydrogen (secondary N) is 1. The van der Waals surface area contributed by atoms with Gasteiger partial charge in [-0.25, -0.2) is 13.1 Å². The molecule has 0 saturated heterocycles. The number of esters is 1. The molecule has 106 valence electrons. The summed E-state index contributed by atoms with van der Waals surface area (Å²) >= 11 is 0. The molecular formula is C12H18N2O4S. The first kappa shape index (κ1) is 15.5. The lowest BCUT2D eigenvalue weighted by molar-refractivity contribution is -0.143. The third-order valence-corrected chi connectivity index (χ3v) is 3.78. The first-order valence-electron chi connectivity index (χ1n) is 5.96. The minimum atomic E-state index is -3.58. The summed E-state index contributed by atoms with van der Waals surface area (Å²) in [6.07, 6.45) is 0.577. The number of benzene rings is 1. The van der Waals surface area contributed by atoms with Crippen LogP contribution in [0, 0.1) is 0 Å². The third kappa shape index (κ3) is 5.27. The van der Waals surface area contributed by atoms with Crippen LogP contribution in [0.2, 0.25) is 0 Å². The molecule has 1 aromatic rings. The Hall–Kier alpha value is -1.60. The molecule has 0 aliphatic heterocycles. The second-order valence-corrected chi connectivity index (χ2v) is 5.65. The van der Waals surface area contributed by atoms with Crippen molar-refractivity contribution in [2.45, 2.75) is 24.7 Å². The maximum Gasteiger partial charge on any atom is 0.305 e. The Balaban J connectivity index is 2.46. The normalized spacial score (nSPS) is 11.2. The smallest absolute Gasteiger partial charge is 0.305 e. The van der Waals surface area contributed by atoms with Gasteiger partial charge in [0.15, 0.2) is 0 Å². The molecule has 0 aliphatic carbocycles. The molecule has 0 heterocycles. The van der Waals surface area contributed by atoms with E-state index >= 15 is 0 Å². The maximum atomic E-state index is 11.9. The number of carbonyl (C=O) groups is 1. The number of nitrogens with two attached hydrogens (primary N) is 1. The van der Waals surface area contributed by atoms with Crippen LogP contribution in [-0.4, -0.2) is 27.5 Å². The summed E-state index contributed by atoms with van der Waals surface area (Å²) in [5, 5.41) is 0. The summed E-state index contributed by atoms with van der Waals surface area (Å²) in [7, 11) is -3.58. The molecule has 1 rings (SSSR count). The van der Waals surface area contributed by atoms with Crippen molar-refractivity contribution in [2.24, 2.45) is 0 Å². The highest BCUT2D eigenvalue weighted by molar-refractivity contribution is 7.89. The second kappa shape index (κ2) is 7.10. The van der Waals surface area contributed by atoms with E-state index < -0.39 is 10.0 Å². The lowest BCUT2D eigenvalue weighted by atomic mass is 10.3. The summed E-state index contributed by atoms with van der Waals surface area (Å²) in [4.78, 5) is 11.2. The van der Waals surface area contributed by atoms with Gasteiger partial charge in [-0.2, -0.15) is 0 Å². The molecule has 0 unspecified atom stereocenters. The summed E-state index contributed by atoms with van der Waals surface area (Å²) < 4.78 is 30.9. The number of nitrogen functional groups attached to an aromatic ring is 1. The van der Waals surface area contributed by atoms with Gasteiger partial charge in [-0.3, -0.25) is 4.79 Å². The second-order valence-electron chi connectivity index (χ2n) is 3.88. The molecule has 0 radical (unpaired) electrons. The fraction of sp³-hybridized carbons (Fsp3) is 0.417. The van der Waals surface area contributed by atoms with E-state index in [0.717, 1.165) is 0 Å². The predicted octanol–water partition coefficient (Wildman–Crippen LogP) is 0.890. The Labute approximate surface area is 113 Å². The van der Waals surface area contributed by atoms with Crippen LogP contribution in [0.3, 0.4) is 0 Å². The molecule has 0 spiro atoms. The van der Waals surface area contributed by atoms with E-state index in [0.29, 0.717) is 18.7 Å². The lowest BCUT2D eigenvalue weighted by Gasteiger charge is -2.07. The van der Waals surface area contributed by atoms with Gasteiger partial charge >= 0.3 is 5.97 Å². The standard InChI is InChI=1S/C12H18N2O4S/c1-2-18-12(15)7-4-8-14-19(16,17)11-6-3-5-10(13)9-11/h3,5-6,9,14H,2,4,7-8,13H2,1H3. The van der Waals surface area contributed by atoms with Crippen LogP contribution in [0.5, 0.6) is 0 Å². The molecular weight excluding hydrogens is 268 g/mol. The van der Waals surface area contributed by atoms with Crippen molar-refractivity contribution in [3.63, 3.8) is 0 Å². The van der Waals surface area contributed by atoms with Crippen molar-refractivity contribution in [1.29, 1.82) is 0 Å². The number of carbonyl (C=O) groups excluding carboxylic acids is 1. The quantitative estimate of drug-likeness (QED) is 0.440. The van der Waals surface area contributed by atoms with Crippen LogP contribution >= 0.6 is 0 Å². The third-order valence-electron chi connectivity index (χ3n) is 2.32. The summed E-state index contributed by atoms with van der Waals surface area (Å²) in [5.74, 6) is -0.328. The Kier molecular flexibility index (Phi) is 5.78. The Bertz CT molecular complexity index is 528. The summed E-state index contributed by atoms with van der Waals surface area (Å²) in [6, 6.07) is 6.03. The Morgan fingerprint density at radius 2 is 2.16 bits per heavy atom. The van der Waals surface area contributed by atoms with Crippen molar-refractivity contribution in [3.8, 4) is 0 Å². The van der Waals surface area contributed by atoms with Crippen molar-refractivity contribution in [3.05, 3.63) is 24.3 Å². The van der Waals surface area contributed by atoms with Gasteiger partial charge in [0, 0.05) is 18.7 Å². The molecule has 0 bridgehead atoms. The fourth-order valence-electron chi connectivity index (χ4n) is 1.44. The van der Waals surface area contributed by atoms with Crippen LogP contribution in [0.15, 0.2) is 29.2 Å². The van der Waals surface area contributed by atoms with Gasteiger partial charge in [-0.15, -0.1) is 0 Å². The number of hydrogen-bond donors (Lipinski definition) is 2. The van der Waals surface area contributed by atoms with Crippen molar-refractivity contribution < 1.29 is 17.9 Å². The van der Waals surface area contributed by atoms with Gasteiger partial charge in [0.2, 0.25) is 10.0 Å². The highest BCUT2D eigenvalue weighted by Gasteiger charge is 2.13. The van der Waals surface area contributed by atoms with Gasteiger partial charge < -0.3 is 10.5 Å². The van der Waals surface area contributed by atoms with Gasteiger partial charge in [0.25, 0.3) is 0 Å². The van der Waals surface area contributed by atoms with Gasteiger partial charge in [-0.1, -0.05) is 6.07 Å². The topological polar surface area (TPSA) is 98.5 Å². The van der Waals surface area contributed by atoms with Crippen molar-refractivity contribution in [2.75, 3.05) is 18.9 Å². The molecule has 0 aliphatic rings. The largest absolute Gasteiger partial charge is 0.466 e. The molecule has 3 N–H and O–H groups in total. The summed E-state index contributed by atoms with van der Waals surface area (Å²) in [5.41, 5.74) is 5.91. The molecule has 0 atom stereocenters. The van der Waals surface area contributed by atoms with Crippen molar-refractivity contribution >= 4 is 21.7 Å². The lowest BCUT2D eigenvalue weighted by Crippen LogP contribution is -2.25. The molecule has 0 saturated carbocycles. The minimum absolute atomic E-state index is 0.114. The van der Waals surface area contributed by atoms with Crippen molar-refractivity contribution in [1.82, 2.24) is 4.72 Å². The van der Waals surface area contributed by atoms with Gasteiger partial charge in [-0.05, 0) is 31.5 Å². The van der Waals surface area contributed by atoms with Crippen LogP contribution in [-0.2, 0) is 19.6 Å². The minimum Gasteiger partial charge on any atom is -0.466 e. The maximum absolute atomic E-state index is 11.9. The summed E-state index contributed by atoms with van der Waals surface area (Å²) in [6.45, 7) is 2.23. The SMILES string of the molecule is CCOC(=O)CCCNS(=O)(=O)c1cccc(N)c1. The van der Waals surface area contributed by atoms with E-state index in [1.165, 1.54) is 12.1 Å². The average Bonchev–Trinajstić information content (AvgIpc) is 2.35. The zero-order valence-electron chi connectivity index (χ0n) is 10.8. The zero-order chi connectivity index (χ0) is 14.3. The molecule has 7 heteroatoms. The molecule has 1 aromatic carbocycles. The molecule has 0 aromatic heterocycles. The van der Waals surface area contributed by atoms with E-state index in [4.69, 9.17) is 10.5 Å². The Morgan fingerprint density at radius 3 is 2.79 bits per heavy atom. The average molecular weight is 286 g/mol. The first-order chi connectivity index (χ1) is 8.95. The number of rotatable bonds is 7. The fourth-order valence-corrected chi connectivity index (χ4v) is 2.57. The van der Waals surface area contributed by atoms with Crippen LogP contribution in [0.1, 0.15) is 19.8 Å². The molecule has 19 heavy (non-hydrogen) atoms. The van der Waals surface area contributed by atoms with Crippen LogP contribution in [0.4, 0.5) is 5.69 Å². The number of ether oxygens (including phenoxy) is 1. The molecule has 0 amide bonds. The van der Waals surface area contributed by atoms with E-state index in [2.05, 4.69) is 4.72 Å². The highest BCUT2D eigenvalue weighted by atomic mass is 32.2. The number of sulfonamides is 1. The number of hydrogen-bond acceptors (Lipinski definition) is 5. The predicted molar refractivity (Wildman–Crippen MR) is 71.9 cm³/mol.